The molecule has 0 spiro atoms. The number of aromatic nitrogens is 2. The summed E-state index contributed by atoms with van der Waals surface area (Å²) in [6.45, 7) is 2.19. The standard InChI is InChI=1S/C23H26ClFN4O3S3/c1-2-32-22-13-20-17(23(27-14-26-20)28-15-6-7-19(25)18(24)11-15)12-21(22)29-35(30,31)10-4-3-5-16-8-9-33-34-16/h6-7,11-14,16,29H,2-5,8-10H2,1H3,(H,26,27,28). The third kappa shape index (κ3) is 7.05. The van der Waals surface area contributed by atoms with E-state index in [2.05, 4.69) is 20.0 Å². The summed E-state index contributed by atoms with van der Waals surface area (Å²) >= 11 is 5.90. The van der Waals surface area contributed by atoms with Crippen molar-refractivity contribution in [2.45, 2.75) is 37.9 Å². The van der Waals surface area contributed by atoms with Gasteiger partial charge in [0.25, 0.3) is 0 Å². The van der Waals surface area contributed by atoms with Crippen LogP contribution >= 0.6 is 33.2 Å². The predicted octanol–water partition coefficient (Wildman–Crippen LogP) is 6.63. The molecule has 1 aliphatic rings. The molecule has 12 heteroatoms. The minimum absolute atomic E-state index is 0.0225. The van der Waals surface area contributed by atoms with E-state index < -0.39 is 15.8 Å². The summed E-state index contributed by atoms with van der Waals surface area (Å²) in [5.74, 6) is 1.49. The number of ether oxygens (including phenoxy) is 1. The Hall–Kier alpha value is -1.95. The smallest absolute Gasteiger partial charge is 0.232 e. The minimum Gasteiger partial charge on any atom is -0.492 e. The molecular formula is C23H26ClFN4O3S3. The van der Waals surface area contributed by atoms with E-state index in [9.17, 15) is 12.8 Å². The maximum absolute atomic E-state index is 13.5. The number of hydrogen-bond acceptors (Lipinski definition) is 8. The first-order chi connectivity index (χ1) is 16.8. The molecule has 0 radical (unpaired) electrons. The van der Waals surface area contributed by atoms with Gasteiger partial charge in [0, 0.05) is 28.1 Å². The van der Waals surface area contributed by atoms with Gasteiger partial charge >= 0.3 is 0 Å². The molecule has 7 nitrogen and oxygen atoms in total. The Morgan fingerprint density at radius 3 is 2.83 bits per heavy atom. The summed E-state index contributed by atoms with van der Waals surface area (Å²) in [6, 6.07) is 7.57. The Balaban J connectivity index is 1.55. The summed E-state index contributed by atoms with van der Waals surface area (Å²) in [4.78, 5) is 8.58. The number of sulfonamides is 1. The lowest BCUT2D eigenvalue weighted by Gasteiger charge is -2.16. The molecule has 1 aromatic heterocycles. The molecule has 1 unspecified atom stereocenters. The van der Waals surface area contributed by atoms with Crippen molar-refractivity contribution in [3.8, 4) is 5.75 Å². The quantitative estimate of drug-likeness (QED) is 0.201. The molecule has 1 saturated heterocycles. The van der Waals surface area contributed by atoms with E-state index in [1.807, 2.05) is 28.5 Å². The normalized spacial score (nSPS) is 15.9. The topological polar surface area (TPSA) is 93.2 Å². The Bertz CT molecular complexity index is 1290. The number of benzene rings is 2. The van der Waals surface area contributed by atoms with Gasteiger partial charge in [0.2, 0.25) is 10.0 Å². The van der Waals surface area contributed by atoms with E-state index >= 15 is 0 Å². The van der Waals surface area contributed by atoms with Crippen LogP contribution in [0.4, 0.5) is 21.6 Å². The number of hydrogen-bond donors (Lipinski definition) is 2. The summed E-state index contributed by atoms with van der Waals surface area (Å²) in [7, 11) is 0.213. The van der Waals surface area contributed by atoms with E-state index in [1.165, 1.54) is 36.7 Å². The summed E-state index contributed by atoms with van der Waals surface area (Å²) in [5.41, 5.74) is 1.41. The van der Waals surface area contributed by atoms with Gasteiger partial charge in [-0.15, -0.1) is 0 Å². The Morgan fingerprint density at radius 1 is 1.23 bits per heavy atom. The first-order valence-corrected chi connectivity index (χ1v) is 15.7. The van der Waals surface area contributed by atoms with Gasteiger partial charge in [-0.05, 0) is 50.5 Å². The van der Waals surface area contributed by atoms with E-state index in [0.29, 0.717) is 52.1 Å². The van der Waals surface area contributed by atoms with Gasteiger partial charge in [0.15, 0.2) is 0 Å². The fraction of sp³-hybridized carbons (Fsp3) is 0.391. The monoisotopic (exact) mass is 556 g/mol. The van der Waals surface area contributed by atoms with Crippen LogP contribution in [0.3, 0.4) is 0 Å². The van der Waals surface area contributed by atoms with Crippen molar-refractivity contribution in [3.05, 3.63) is 47.5 Å². The summed E-state index contributed by atoms with van der Waals surface area (Å²) < 4.78 is 47.6. The fourth-order valence-electron chi connectivity index (χ4n) is 3.70. The highest BCUT2D eigenvalue weighted by atomic mass is 35.5. The summed E-state index contributed by atoms with van der Waals surface area (Å²) in [6.07, 6.45) is 5.08. The number of unbranched alkanes of at least 4 members (excludes halogenated alkanes) is 1. The molecule has 1 atom stereocenters. The second kappa shape index (κ2) is 11.9. The van der Waals surface area contributed by atoms with Gasteiger partial charge in [-0.25, -0.2) is 22.8 Å². The molecule has 4 rings (SSSR count). The van der Waals surface area contributed by atoms with Crippen LogP contribution in [-0.2, 0) is 10.0 Å². The molecule has 3 aromatic rings. The van der Waals surface area contributed by atoms with E-state index in [-0.39, 0.29) is 10.8 Å². The van der Waals surface area contributed by atoms with Crippen molar-refractivity contribution in [2.24, 2.45) is 0 Å². The van der Waals surface area contributed by atoms with Crippen LogP contribution < -0.4 is 14.8 Å². The largest absolute Gasteiger partial charge is 0.492 e. The molecule has 2 N–H and O–H groups in total. The zero-order valence-electron chi connectivity index (χ0n) is 19.1. The second-order valence-corrected chi connectivity index (χ2v) is 13.1. The Morgan fingerprint density at radius 2 is 2.09 bits per heavy atom. The average molecular weight is 557 g/mol. The number of nitrogens with one attached hydrogen (secondary N) is 2. The first kappa shape index (κ1) is 26.1. The Labute approximate surface area is 217 Å². The molecule has 188 valence electrons. The molecule has 0 saturated carbocycles. The minimum atomic E-state index is -3.58. The zero-order valence-corrected chi connectivity index (χ0v) is 22.3. The Kier molecular flexibility index (Phi) is 8.85. The molecule has 2 aromatic carbocycles. The molecular weight excluding hydrogens is 531 g/mol. The number of fused-ring (bicyclic) bond motifs is 1. The van der Waals surface area contributed by atoms with Crippen LogP contribution in [0, 0.1) is 5.82 Å². The van der Waals surface area contributed by atoms with Gasteiger partial charge in [0.05, 0.1) is 28.6 Å². The van der Waals surface area contributed by atoms with Crippen molar-refractivity contribution in [1.29, 1.82) is 0 Å². The van der Waals surface area contributed by atoms with Crippen molar-refractivity contribution < 1.29 is 17.5 Å². The first-order valence-electron chi connectivity index (χ1n) is 11.3. The molecule has 2 heterocycles. The van der Waals surface area contributed by atoms with Gasteiger partial charge in [-0.1, -0.05) is 39.6 Å². The van der Waals surface area contributed by atoms with E-state index in [0.717, 1.165) is 12.8 Å². The highest BCUT2D eigenvalue weighted by molar-refractivity contribution is 8.77. The number of anilines is 3. The molecule has 1 aliphatic heterocycles. The van der Waals surface area contributed by atoms with E-state index in [1.54, 1.807) is 12.1 Å². The average Bonchev–Trinajstić information content (AvgIpc) is 3.34. The van der Waals surface area contributed by atoms with Gasteiger partial charge in [-0.2, -0.15) is 0 Å². The van der Waals surface area contributed by atoms with Crippen LogP contribution in [-0.4, -0.2) is 41.7 Å². The molecule has 0 bridgehead atoms. The SMILES string of the molecule is CCOc1cc2ncnc(Nc3ccc(F)c(Cl)c3)c2cc1NS(=O)(=O)CCCCC1CCSS1. The third-order valence-corrected chi connectivity index (χ3v) is 10.1. The van der Waals surface area contributed by atoms with Gasteiger partial charge < -0.3 is 10.1 Å². The maximum atomic E-state index is 13.5. The number of nitrogens with zero attached hydrogens (tertiary/aromatic N) is 2. The number of halogens is 2. The van der Waals surface area contributed by atoms with Crippen LogP contribution in [0.5, 0.6) is 5.75 Å². The second-order valence-electron chi connectivity index (χ2n) is 8.02. The third-order valence-electron chi connectivity index (χ3n) is 5.40. The number of rotatable bonds is 11. The van der Waals surface area contributed by atoms with Crippen LogP contribution in [0.2, 0.25) is 5.02 Å². The van der Waals surface area contributed by atoms with Crippen molar-refractivity contribution in [1.82, 2.24) is 9.97 Å². The van der Waals surface area contributed by atoms with Crippen molar-refractivity contribution >= 4 is 71.3 Å². The highest BCUT2D eigenvalue weighted by Crippen LogP contribution is 2.40. The maximum Gasteiger partial charge on any atom is 0.232 e. The zero-order chi connectivity index (χ0) is 24.8. The van der Waals surface area contributed by atoms with E-state index in [4.69, 9.17) is 16.3 Å². The fourth-order valence-corrected chi connectivity index (χ4v) is 8.08. The van der Waals surface area contributed by atoms with Crippen LogP contribution in [0.15, 0.2) is 36.7 Å². The molecule has 1 fully saturated rings. The molecule has 0 amide bonds. The highest BCUT2D eigenvalue weighted by Gasteiger charge is 2.19. The lowest BCUT2D eigenvalue weighted by atomic mass is 10.2. The predicted molar refractivity (Wildman–Crippen MR) is 145 cm³/mol. The van der Waals surface area contributed by atoms with Crippen molar-refractivity contribution in [2.75, 3.05) is 28.2 Å². The van der Waals surface area contributed by atoms with Crippen LogP contribution in [0.25, 0.3) is 10.9 Å². The molecule has 35 heavy (non-hydrogen) atoms. The lowest BCUT2D eigenvalue weighted by molar-refractivity contribution is 0.342. The molecule has 0 aliphatic carbocycles. The summed E-state index contributed by atoms with van der Waals surface area (Å²) in [5, 5.41) is 4.28. The van der Waals surface area contributed by atoms with Crippen LogP contribution in [0.1, 0.15) is 32.6 Å². The van der Waals surface area contributed by atoms with Gasteiger partial charge in [0.1, 0.15) is 23.7 Å². The van der Waals surface area contributed by atoms with Crippen molar-refractivity contribution in [3.63, 3.8) is 0 Å². The lowest BCUT2D eigenvalue weighted by Crippen LogP contribution is -2.18. The van der Waals surface area contributed by atoms with Gasteiger partial charge in [-0.3, -0.25) is 4.72 Å².